The lowest BCUT2D eigenvalue weighted by molar-refractivity contribution is 0.102. The summed E-state index contributed by atoms with van der Waals surface area (Å²) in [6.45, 7) is 6.70. The Kier molecular flexibility index (Phi) is 4.35. The average molecular weight is 269 g/mol. The zero-order chi connectivity index (χ0) is 14.5. The Bertz CT molecular complexity index is 603. The van der Waals surface area contributed by atoms with Gasteiger partial charge in [0.25, 0.3) is 5.91 Å². The van der Waals surface area contributed by atoms with Crippen molar-refractivity contribution in [3.8, 4) is 0 Å². The molecule has 2 rings (SSSR count). The first-order valence-electron chi connectivity index (χ1n) is 6.69. The summed E-state index contributed by atoms with van der Waals surface area (Å²) in [5, 5.41) is 6.14. The van der Waals surface area contributed by atoms with Gasteiger partial charge in [0, 0.05) is 18.4 Å². The van der Waals surface area contributed by atoms with E-state index in [1.54, 1.807) is 18.5 Å². The number of aryl methyl sites for hydroxylation is 2. The van der Waals surface area contributed by atoms with Gasteiger partial charge in [-0.2, -0.15) is 0 Å². The van der Waals surface area contributed by atoms with Gasteiger partial charge in [0.15, 0.2) is 0 Å². The SMILES string of the molecule is CCNc1cnccc1C(=O)Nc1c(C)cccc1C. The molecule has 0 radical (unpaired) electrons. The van der Waals surface area contributed by atoms with Gasteiger partial charge in [-0.3, -0.25) is 9.78 Å². The summed E-state index contributed by atoms with van der Waals surface area (Å²) in [5.41, 5.74) is 4.33. The van der Waals surface area contributed by atoms with Crippen molar-refractivity contribution in [2.45, 2.75) is 20.8 Å². The predicted molar refractivity (Wildman–Crippen MR) is 82.3 cm³/mol. The van der Waals surface area contributed by atoms with Crippen molar-refractivity contribution >= 4 is 17.3 Å². The molecule has 2 N–H and O–H groups in total. The highest BCUT2D eigenvalue weighted by atomic mass is 16.1. The Morgan fingerprint density at radius 1 is 1.20 bits per heavy atom. The number of hydrogen-bond acceptors (Lipinski definition) is 3. The number of rotatable bonds is 4. The fraction of sp³-hybridized carbons (Fsp3) is 0.250. The summed E-state index contributed by atoms with van der Waals surface area (Å²) in [6, 6.07) is 7.68. The molecule has 1 heterocycles. The smallest absolute Gasteiger partial charge is 0.257 e. The summed E-state index contributed by atoms with van der Waals surface area (Å²) in [7, 11) is 0. The van der Waals surface area contributed by atoms with Gasteiger partial charge in [0.05, 0.1) is 17.4 Å². The molecule has 0 saturated heterocycles. The van der Waals surface area contributed by atoms with E-state index in [0.717, 1.165) is 29.0 Å². The molecule has 1 aromatic heterocycles. The highest BCUT2D eigenvalue weighted by Crippen LogP contribution is 2.22. The molecule has 20 heavy (non-hydrogen) atoms. The summed E-state index contributed by atoms with van der Waals surface area (Å²) >= 11 is 0. The zero-order valence-corrected chi connectivity index (χ0v) is 12.0. The number of benzene rings is 1. The standard InChI is InChI=1S/C16H19N3O/c1-4-18-14-10-17-9-8-13(14)16(20)19-15-11(2)6-5-7-12(15)3/h5-10,18H,4H2,1-3H3,(H,19,20). The molecule has 0 aliphatic carbocycles. The molecule has 2 aromatic rings. The Morgan fingerprint density at radius 3 is 2.55 bits per heavy atom. The number of para-hydroxylation sites is 1. The van der Waals surface area contributed by atoms with Gasteiger partial charge in [-0.25, -0.2) is 0 Å². The van der Waals surface area contributed by atoms with Gasteiger partial charge in [-0.1, -0.05) is 18.2 Å². The summed E-state index contributed by atoms with van der Waals surface area (Å²) in [5.74, 6) is -0.124. The number of anilines is 2. The van der Waals surface area contributed by atoms with Crippen molar-refractivity contribution < 1.29 is 4.79 Å². The molecule has 0 saturated carbocycles. The molecule has 0 fully saturated rings. The Morgan fingerprint density at radius 2 is 1.90 bits per heavy atom. The van der Waals surface area contributed by atoms with Crippen LogP contribution >= 0.6 is 0 Å². The molecule has 0 spiro atoms. The number of hydrogen-bond donors (Lipinski definition) is 2. The van der Waals surface area contributed by atoms with Crippen LogP contribution in [0.15, 0.2) is 36.7 Å². The summed E-state index contributed by atoms with van der Waals surface area (Å²) in [6.07, 6.45) is 3.30. The number of nitrogens with zero attached hydrogens (tertiary/aromatic N) is 1. The van der Waals surface area contributed by atoms with Crippen LogP contribution in [0.2, 0.25) is 0 Å². The molecule has 0 atom stereocenters. The molecule has 0 bridgehead atoms. The van der Waals surface area contributed by atoms with Gasteiger partial charge < -0.3 is 10.6 Å². The van der Waals surface area contributed by atoms with Crippen LogP contribution in [-0.2, 0) is 0 Å². The minimum Gasteiger partial charge on any atom is -0.383 e. The Hall–Kier alpha value is -2.36. The zero-order valence-electron chi connectivity index (χ0n) is 12.0. The third-order valence-corrected chi connectivity index (χ3v) is 3.15. The lowest BCUT2D eigenvalue weighted by Crippen LogP contribution is -2.16. The van der Waals surface area contributed by atoms with E-state index in [0.29, 0.717) is 5.56 Å². The van der Waals surface area contributed by atoms with Gasteiger partial charge in [-0.05, 0) is 38.0 Å². The van der Waals surface area contributed by atoms with Gasteiger partial charge in [0.1, 0.15) is 0 Å². The fourth-order valence-electron chi connectivity index (χ4n) is 2.12. The second kappa shape index (κ2) is 6.19. The van der Waals surface area contributed by atoms with Crippen LogP contribution in [0.25, 0.3) is 0 Å². The van der Waals surface area contributed by atoms with Gasteiger partial charge in [0.2, 0.25) is 0 Å². The molecular formula is C16H19N3O. The normalized spacial score (nSPS) is 10.2. The van der Waals surface area contributed by atoms with E-state index >= 15 is 0 Å². The number of carbonyl (C=O) groups is 1. The Labute approximate surface area is 119 Å². The van der Waals surface area contributed by atoms with Crippen molar-refractivity contribution in [3.05, 3.63) is 53.3 Å². The van der Waals surface area contributed by atoms with E-state index in [-0.39, 0.29) is 5.91 Å². The Balaban J connectivity index is 2.29. The molecule has 0 unspecified atom stereocenters. The number of carbonyl (C=O) groups excluding carboxylic acids is 1. The number of amides is 1. The molecule has 4 heteroatoms. The molecule has 1 aromatic carbocycles. The third-order valence-electron chi connectivity index (χ3n) is 3.15. The van der Waals surface area contributed by atoms with Crippen LogP contribution in [0.4, 0.5) is 11.4 Å². The highest BCUT2D eigenvalue weighted by molar-refractivity contribution is 6.08. The van der Waals surface area contributed by atoms with E-state index in [4.69, 9.17) is 0 Å². The van der Waals surface area contributed by atoms with Gasteiger partial charge >= 0.3 is 0 Å². The third kappa shape index (κ3) is 2.96. The molecular weight excluding hydrogens is 250 g/mol. The van der Waals surface area contributed by atoms with Crippen molar-refractivity contribution in [1.82, 2.24) is 4.98 Å². The van der Waals surface area contributed by atoms with Crippen LogP contribution in [0.5, 0.6) is 0 Å². The van der Waals surface area contributed by atoms with Crippen LogP contribution in [0.1, 0.15) is 28.4 Å². The van der Waals surface area contributed by atoms with Crippen molar-refractivity contribution in [3.63, 3.8) is 0 Å². The molecule has 0 aliphatic rings. The van der Waals surface area contributed by atoms with Crippen LogP contribution in [0.3, 0.4) is 0 Å². The monoisotopic (exact) mass is 269 g/mol. The number of nitrogens with one attached hydrogen (secondary N) is 2. The van der Waals surface area contributed by atoms with E-state index in [1.165, 1.54) is 0 Å². The van der Waals surface area contributed by atoms with Crippen molar-refractivity contribution in [1.29, 1.82) is 0 Å². The topological polar surface area (TPSA) is 54.0 Å². The lowest BCUT2D eigenvalue weighted by Gasteiger charge is -2.13. The quantitative estimate of drug-likeness (QED) is 0.894. The number of aromatic nitrogens is 1. The summed E-state index contributed by atoms with van der Waals surface area (Å²) < 4.78 is 0. The van der Waals surface area contributed by atoms with Crippen LogP contribution in [-0.4, -0.2) is 17.4 Å². The van der Waals surface area contributed by atoms with Crippen molar-refractivity contribution in [2.75, 3.05) is 17.2 Å². The van der Waals surface area contributed by atoms with E-state index in [9.17, 15) is 4.79 Å². The summed E-state index contributed by atoms with van der Waals surface area (Å²) in [4.78, 5) is 16.5. The molecule has 4 nitrogen and oxygen atoms in total. The fourth-order valence-corrected chi connectivity index (χ4v) is 2.12. The van der Waals surface area contributed by atoms with E-state index in [2.05, 4.69) is 15.6 Å². The maximum Gasteiger partial charge on any atom is 0.257 e. The first kappa shape index (κ1) is 14.1. The lowest BCUT2D eigenvalue weighted by atomic mass is 10.1. The molecule has 0 aliphatic heterocycles. The van der Waals surface area contributed by atoms with Crippen molar-refractivity contribution in [2.24, 2.45) is 0 Å². The van der Waals surface area contributed by atoms with Crippen LogP contribution in [0, 0.1) is 13.8 Å². The first-order chi connectivity index (χ1) is 9.63. The van der Waals surface area contributed by atoms with E-state index < -0.39 is 0 Å². The second-order valence-electron chi connectivity index (χ2n) is 4.67. The minimum absolute atomic E-state index is 0.124. The maximum atomic E-state index is 12.4. The van der Waals surface area contributed by atoms with Crippen LogP contribution < -0.4 is 10.6 Å². The second-order valence-corrected chi connectivity index (χ2v) is 4.67. The maximum absolute atomic E-state index is 12.4. The minimum atomic E-state index is -0.124. The van der Waals surface area contributed by atoms with E-state index in [1.807, 2.05) is 39.0 Å². The average Bonchev–Trinajstić information content (AvgIpc) is 2.44. The predicted octanol–water partition coefficient (Wildman–Crippen LogP) is 3.38. The molecule has 104 valence electrons. The molecule has 1 amide bonds. The first-order valence-corrected chi connectivity index (χ1v) is 6.69. The highest BCUT2D eigenvalue weighted by Gasteiger charge is 2.13. The largest absolute Gasteiger partial charge is 0.383 e. The number of pyridine rings is 1. The van der Waals surface area contributed by atoms with Gasteiger partial charge in [-0.15, -0.1) is 0 Å².